The van der Waals surface area contributed by atoms with Crippen molar-refractivity contribution in [1.29, 1.82) is 0 Å². The van der Waals surface area contributed by atoms with E-state index in [2.05, 4.69) is 41.6 Å². The molecule has 1 amide bonds. The summed E-state index contributed by atoms with van der Waals surface area (Å²) in [6.45, 7) is 5.12. The quantitative estimate of drug-likeness (QED) is 0.909. The lowest BCUT2D eigenvalue weighted by atomic mass is 9.93. The second-order valence-corrected chi connectivity index (χ2v) is 7.66. The van der Waals surface area contributed by atoms with E-state index in [4.69, 9.17) is 0 Å². The highest BCUT2D eigenvalue weighted by Gasteiger charge is 2.25. The number of piperidine rings is 1. The molecular weight excluding hydrogens is 302 g/mol. The minimum absolute atomic E-state index is 0.0950. The number of rotatable bonds is 3. The number of nitrogens with one attached hydrogen (secondary N) is 2. The molecule has 0 radical (unpaired) electrons. The fraction of sp³-hybridized carbons (Fsp3) is 0.467. The lowest BCUT2D eigenvalue weighted by Gasteiger charge is -2.26. The van der Waals surface area contributed by atoms with Crippen molar-refractivity contribution >= 4 is 33.7 Å². The summed E-state index contributed by atoms with van der Waals surface area (Å²) in [6, 6.07) is 4.58. The van der Waals surface area contributed by atoms with Crippen molar-refractivity contribution in [2.45, 2.75) is 32.7 Å². The van der Waals surface area contributed by atoms with E-state index in [1.54, 1.807) is 11.3 Å². The van der Waals surface area contributed by atoms with Gasteiger partial charge >= 0.3 is 0 Å². The predicted octanol–water partition coefficient (Wildman–Crippen LogP) is 3.51. The summed E-state index contributed by atoms with van der Waals surface area (Å²) < 4.78 is 0. The van der Waals surface area contributed by atoms with Crippen LogP contribution in [-0.4, -0.2) is 23.5 Å². The molecule has 0 spiro atoms. The molecule has 3 rings (SSSR count). The number of anilines is 1. The molecule has 0 saturated carbocycles. The van der Waals surface area contributed by atoms with Gasteiger partial charge in [0, 0.05) is 22.2 Å². The molecule has 1 fully saturated rings. The van der Waals surface area contributed by atoms with Crippen molar-refractivity contribution in [1.82, 2.24) is 10.3 Å². The first-order chi connectivity index (χ1) is 10.1. The molecule has 21 heavy (non-hydrogen) atoms. The van der Waals surface area contributed by atoms with Gasteiger partial charge in [-0.15, -0.1) is 22.7 Å². The summed E-state index contributed by atoms with van der Waals surface area (Å²) in [5.74, 6) is 0.198. The zero-order valence-electron chi connectivity index (χ0n) is 12.2. The standard InChI is InChI=1S/C15H19N3OS2/c1-9-7-11(5-6-16-9)14(19)18-15-17-12(8-20-15)13-4-3-10(2)21-13/h3-4,8-9,11,16H,5-7H2,1-2H3,(H,17,18,19)/t9-,11-/m0/s1. The normalized spacial score (nSPS) is 22.2. The van der Waals surface area contributed by atoms with Crippen LogP contribution >= 0.6 is 22.7 Å². The Kier molecular flexibility index (Phi) is 4.37. The zero-order chi connectivity index (χ0) is 14.8. The Morgan fingerprint density at radius 2 is 2.33 bits per heavy atom. The first kappa shape index (κ1) is 14.7. The van der Waals surface area contributed by atoms with Gasteiger partial charge in [0.2, 0.25) is 5.91 Å². The second-order valence-electron chi connectivity index (χ2n) is 5.51. The Bertz CT molecular complexity index is 634. The highest BCUT2D eigenvalue weighted by molar-refractivity contribution is 7.17. The fourth-order valence-corrected chi connectivity index (χ4v) is 4.21. The van der Waals surface area contributed by atoms with Crippen LogP contribution < -0.4 is 10.6 Å². The number of nitrogens with zero attached hydrogens (tertiary/aromatic N) is 1. The van der Waals surface area contributed by atoms with E-state index in [1.807, 2.05) is 5.38 Å². The van der Waals surface area contributed by atoms with Crippen molar-refractivity contribution in [3.8, 4) is 10.6 Å². The van der Waals surface area contributed by atoms with Crippen LogP contribution in [0.25, 0.3) is 10.6 Å². The number of hydrogen-bond donors (Lipinski definition) is 2. The monoisotopic (exact) mass is 321 g/mol. The molecule has 1 aliphatic heterocycles. The SMILES string of the molecule is Cc1ccc(-c2csc(NC(=O)[C@H]3CCN[C@@H](C)C3)n2)s1. The number of aryl methyl sites for hydroxylation is 1. The van der Waals surface area contributed by atoms with Crippen molar-refractivity contribution in [2.75, 3.05) is 11.9 Å². The number of thiophene rings is 1. The second kappa shape index (κ2) is 6.25. The van der Waals surface area contributed by atoms with Crippen LogP contribution in [0.5, 0.6) is 0 Å². The molecule has 0 unspecified atom stereocenters. The Hall–Kier alpha value is -1.24. The molecule has 112 valence electrons. The van der Waals surface area contributed by atoms with Crippen LogP contribution in [0, 0.1) is 12.8 Å². The predicted molar refractivity (Wildman–Crippen MR) is 89.0 cm³/mol. The molecule has 1 aliphatic rings. The van der Waals surface area contributed by atoms with Crippen LogP contribution in [0.3, 0.4) is 0 Å². The Morgan fingerprint density at radius 3 is 3.05 bits per heavy atom. The minimum Gasteiger partial charge on any atom is -0.314 e. The average Bonchev–Trinajstić information content (AvgIpc) is 3.07. The first-order valence-electron chi connectivity index (χ1n) is 7.18. The summed E-state index contributed by atoms with van der Waals surface area (Å²) in [5.41, 5.74) is 0.951. The third-order valence-corrected chi connectivity index (χ3v) is 5.50. The fourth-order valence-electron chi connectivity index (χ4n) is 2.59. The highest BCUT2D eigenvalue weighted by atomic mass is 32.1. The van der Waals surface area contributed by atoms with Crippen molar-refractivity contribution in [3.63, 3.8) is 0 Å². The Labute approximate surface area is 132 Å². The number of carbonyl (C=O) groups excluding carboxylic acids is 1. The van der Waals surface area contributed by atoms with Gasteiger partial charge in [-0.3, -0.25) is 4.79 Å². The van der Waals surface area contributed by atoms with Crippen molar-refractivity contribution in [2.24, 2.45) is 5.92 Å². The molecule has 0 aliphatic carbocycles. The maximum atomic E-state index is 12.3. The van der Waals surface area contributed by atoms with Crippen LogP contribution in [0.4, 0.5) is 5.13 Å². The molecule has 1 saturated heterocycles. The van der Waals surface area contributed by atoms with E-state index in [0.29, 0.717) is 11.2 Å². The summed E-state index contributed by atoms with van der Waals surface area (Å²) in [6.07, 6.45) is 1.80. The lowest BCUT2D eigenvalue weighted by Crippen LogP contribution is -2.40. The Morgan fingerprint density at radius 1 is 1.48 bits per heavy atom. The van der Waals surface area contributed by atoms with E-state index in [-0.39, 0.29) is 11.8 Å². The summed E-state index contributed by atoms with van der Waals surface area (Å²) >= 11 is 3.22. The smallest absolute Gasteiger partial charge is 0.229 e. The molecule has 0 aromatic carbocycles. The molecule has 4 nitrogen and oxygen atoms in total. The van der Waals surface area contributed by atoms with Gasteiger partial charge in [-0.2, -0.15) is 0 Å². The molecule has 2 aromatic rings. The van der Waals surface area contributed by atoms with E-state index in [1.165, 1.54) is 16.2 Å². The number of aromatic nitrogens is 1. The van der Waals surface area contributed by atoms with Gasteiger partial charge in [-0.05, 0) is 45.4 Å². The molecule has 2 aromatic heterocycles. The summed E-state index contributed by atoms with van der Waals surface area (Å²) in [4.78, 5) is 19.2. The number of carbonyl (C=O) groups is 1. The van der Waals surface area contributed by atoms with Gasteiger partial charge in [0.1, 0.15) is 0 Å². The van der Waals surface area contributed by atoms with Gasteiger partial charge in [0.15, 0.2) is 5.13 Å². The molecule has 0 bridgehead atoms. The number of amides is 1. The van der Waals surface area contributed by atoms with E-state index in [0.717, 1.165) is 30.0 Å². The van der Waals surface area contributed by atoms with Gasteiger partial charge in [0.05, 0.1) is 10.6 Å². The highest BCUT2D eigenvalue weighted by Crippen LogP contribution is 2.30. The third kappa shape index (κ3) is 3.51. The molecular formula is C15H19N3OS2. The minimum atomic E-state index is 0.0950. The number of thiazole rings is 1. The molecule has 2 atom stereocenters. The van der Waals surface area contributed by atoms with E-state index < -0.39 is 0 Å². The van der Waals surface area contributed by atoms with Crippen molar-refractivity contribution in [3.05, 3.63) is 22.4 Å². The largest absolute Gasteiger partial charge is 0.314 e. The van der Waals surface area contributed by atoms with E-state index in [9.17, 15) is 4.79 Å². The molecule has 3 heterocycles. The van der Waals surface area contributed by atoms with E-state index >= 15 is 0 Å². The average molecular weight is 321 g/mol. The van der Waals surface area contributed by atoms with Gasteiger partial charge < -0.3 is 10.6 Å². The molecule has 2 N–H and O–H groups in total. The van der Waals surface area contributed by atoms with Gasteiger partial charge in [-0.25, -0.2) is 4.98 Å². The van der Waals surface area contributed by atoms with Crippen molar-refractivity contribution < 1.29 is 4.79 Å². The van der Waals surface area contributed by atoms with Crippen LogP contribution in [0.15, 0.2) is 17.5 Å². The van der Waals surface area contributed by atoms with Gasteiger partial charge in [-0.1, -0.05) is 0 Å². The maximum absolute atomic E-state index is 12.3. The summed E-state index contributed by atoms with van der Waals surface area (Å²) in [5, 5.41) is 9.05. The first-order valence-corrected chi connectivity index (χ1v) is 8.88. The number of hydrogen-bond acceptors (Lipinski definition) is 5. The molecule has 6 heteroatoms. The van der Waals surface area contributed by atoms with Crippen LogP contribution in [0.1, 0.15) is 24.6 Å². The zero-order valence-corrected chi connectivity index (χ0v) is 13.8. The third-order valence-electron chi connectivity index (χ3n) is 3.72. The Balaban J connectivity index is 1.65. The van der Waals surface area contributed by atoms with Crippen LogP contribution in [-0.2, 0) is 4.79 Å². The summed E-state index contributed by atoms with van der Waals surface area (Å²) in [7, 11) is 0. The lowest BCUT2D eigenvalue weighted by molar-refractivity contribution is -0.120. The topological polar surface area (TPSA) is 54.0 Å². The van der Waals surface area contributed by atoms with Crippen LogP contribution in [0.2, 0.25) is 0 Å². The van der Waals surface area contributed by atoms with Gasteiger partial charge in [0.25, 0.3) is 0 Å². The maximum Gasteiger partial charge on any atom is 0.229 e.